The minimum atomic E-state index is -0.473. The molecule has 0 radical (unpaired) electrons. The normalized spacial score (nSPS) is 18.1. The number of hydrogen-bond donors (Lipinski definition) is 1. The van der Waals surface area contributed by atoms with Crippen molar-refractivity contribution in [2.75, 3.05) is 20.2 Å². The van der Waals surface area contributed by atoms with Crippen molar-refractivity contribution in [3.63, 3.8) is 0 Å². The van der Waals surface area contributed by atoms with E-state index >= 15 is 0 Å². The van der Waals surface area contributed by atoms with Crippen molar-refractivity contribution in [3.05, 3.63) is 63.9 Å². The van der Waals surface area contributed by atoms with E-state index < -0.39 is 11.4 Å². The molecule has 0 bridgehead atoms. The number of carbonyl (C=O) groups is 1. The van der Waals surface area contributed by atoms with Gasteiger partial charge in [-0.2, -0.15) is 0 Å². The van der Waals surface area contributed by atoms with Gasteiger partial charge in [-0.1, -0.05) is 29.8 Å². The molecule has 1 heterocycles. The maximum atomic E-state index is 13.7. The van der Waals surface area contributed by atoms with Crippen LogP contribution in [0, 0.1) is 5.82 Å². The van der Waals surface area contributed by atoms with Crippen molar-refractivity contribution >= 4 is 17.5 Å². The molecule has 0 saturated carbocycles. The van der Waals surface area contributed by atoms with Gasteiger partial charge in [-0.15, -0.1) is 0 Å². The summed E-state index contributed by atoms with van der Waals surface area (Å²) in [7, 11) is 1.68. The molecule has 0 aliphatic carbocycles. The third kappa shape index (κ3) is 4.60. The van der Waals surface area contributed by atoms with E-state index in [1.54, 1.807) is 13.1 Å². The van der Waals surface area contributed by atoms with E-state index in [2.05, 4.69) is 0 Å². The third-order valence-electron chi connectivity index (χ3n) is 4.82. The van der Waals surface area contributed by atoms with Gasteiger partial charge in [0.25, 0.3) is 0 Å². The van der Waals surface area contributed by atoms with Crippen LogP contribution >= 0.6 is 11.6 Å². The van der Waals surface area contributed by atoms with Gasteiger partial charge in [0, 0.05) is 26.4 Å². The fourth-order valence-electron chi connectivity index (χ4n) is 3.45. The Kier molecular flexibility index (Phi) is 5.72. The lowest BCUT2D eigenvalue weighted by atomic mass is 9.91. The van der Waals surface area contributed by atoms with Crippen LogP contribution in [0.1, 0.15) is 23.6 Å². The average molecular weight is 392 g/mol. The van der Waals surface area contributed by atoms with Gasteiger partial charge >= 0.3 is 0 Å². The number of carbonyl (C=O) groups excluding carboxylic acids is 1. The summed E-state index contributed by atoms with van der Waals surface area (Å²) in [6.07, 6.45) is 1.52. The number of ether oxygens (including phenoxy) is 1. The molecule has 0 unspecified atom stereocenters. The van der Waals surface area contributed by atoms with Crippen LogP contribution in [-0.2, 0) is 24.1 Å². The van der Waals surface area contributed by atoms with Crippen LogP contribution in [-0.4, -0.2) is 41.7 Å². The second-order valence-corrected chi connectivity index (χ2v) is 7.72. The van der Waals surface area contributed by atoms with Gasteiger partial charge in [0.15, 0.2) is 0 Å². The first-order valence-corrected chi connectivity index (χ1v) is 9.27. The smallest absolute Gasteiger partial charge is 0.226 e. The Balaban J connectivity index is 1.70. The summed E-state index contributed by atoms with van der Waals surface area (Å²) in [5.74, 6) is 0.329. The molecule has 1 atom stereocenters. The molecule has 2 aromatic carbocycles. The van der Waals surface area contributed by atoms with Crippen LogP contribution in [0.4, 0.5) is 4.39 Å². The molecule has 6 heteroatoms. The van der Waals surface area contributed by atoms with E-state index in [0.717, 1.165) is 22.4 Å². The summed E-state index contributed by atoms with van der Waals surface area (Å²) in [6, 6.07) is 10.6. The number of fused-ring (bicyclic) bond motifs is 1. The van der Waals surface area contributed by atoms with Gasteiger partial charge in [-0.25, -0.2) is 4.39 Å². The summed E-state index contributed by atoms with van der Waals surface area (Å²) in [5, 5.41) is 9.06. The highest BCUT2D eigenvalue weighted by Crippen LogP contribution is 2.37. The van der Waals surface area contributed by atoms with E-state index in [4.69, 9.17) is 21.4 Å². The predicted molar refractivity (Wildman–Crippen MR) is 103 cm³/mol. The Bertz CT molecular complexity index is 857. The second kappa shape index (κ2) is 7.87. The molecule has 0 aromatic heterocycles. The van der Waals surface area contributed by atoms with Crippen LogP contribution in [0.2, 0.25) is 5.02 Å². The first-order chi connectivity index (χ1) is 12.8. The number of likely N-dealkylation sites (N-methyl/N-ethyl adjacent to an activating group) is 1. The zero-order chi connectivity index (χ0) is 19.6. The van der Waals surface area contributed by atoms with Gasteiger partial charge in [0.05, 0.1) is 18.1 Å². The van der Waals surface area contributed by atoms with Crippen molar-refractivity contribution in [1.82, 2.24) is 4.90 Å². The van der Waals surface area contributed by atoms with Crippen LogP contribution in [0.3, 0.4) is 0 Å². The molecule has 1 aliphatic rings. The van der Waals surface area contributed by atoms with E-state index in [-0.39, 0.29) is 24.0 Å². The minimum absolute atomic E-state index is 0.0395. The number of amides is 1. The number of halogens is 2. The minimum Gasteiger partial charge on any atom is -0.487 e. The molecule has 1 N–H and O–H groups in total. The number of hydrogen-bond acceptors (Lipinski definition) is 3. The third-order valence-corrected chi connectivity index (χ3v) is 5.13. The predicted octanol–water partition coefficient (Wildman–Crippen LogP) is 3.41. The summed E-state index contributed by atoms with van der Waals surface area (Å²) in [5.41, 5.74) is 2.31. The summed E-state index contributed by atoms with van der Waals surface area (Å²) in [6.45, 7) is 2.27. The second-order valence-electron chi connectivity index (χ2n) is 7.31. The molecule has 3 rings (SSSR count). The van der Waals surface area contributed by atoms with Gasteiger partial charge in [0.2, 0.25) is 5.91 Å². The average Bonchev–Trinajstić information content (AvgIpc) is 2.93. The molecule has 4 nitrogen and oxygen atoms in total. The summed E-state index contributed by atoms with van der Waals surface area (Å²) in [4.78, 5) is 13.7. The highest BCUT2D eigenvalue weighted by molar-refractivity contribution is 6.30. The first kappa shape index (κ1) is 19.6. The Morgan fingerprint density at radius 1 is 1.30 bits per heavy atom. The van der Waals surface area contributed by atoms with Crippen molar-refractivity contribution in [3.8, 4) is 5.75 Å². The molecular weight excluding hydrogens is 369 g/mol. The number of aliphatic hydroxyl groups excluding tert-OH is 1. The molecule has 0 spiro atoms. The molecule has 2 aromatic rings. The largest absolute Gasteiger partial charge is 0.487 e. The molecule has 0 saturated heterocycles. The lowest BCUT2D eigenvalue weighted by Gasteiger charge is -2.24. The van der Waals surface area contributed by atoms with Gasteiger partial charge < -0.3 is 14.7 Å². The first-order valence-electron chi connectivity index (χ1n) is 8.89. The lowest BCUT2D eigenvalue weighted by molar-refractivity contribution is -0.129. The molecule has 144 valence electrons. The molecule has 1 amide bonds. The maximum Gasteiger partial charge on any atom is 0.226 e. The van der Waals surface area contributed by atoms with Crippen LogP contribution in [0.15, 0.2) is 36.4 Å². The number of nitrogens with zero attached hydrogens (tertiary/aromatic N) is 1. The monoisotopic (exact) mass is 391 g/mol. The van der Waals surface area contributed by atoms with E-state index in [9.17, 15) is 9.18 Å². The fourth-order valence-corrected chi connectivity index (χ4v) is 3.57. The van der Waals surface area contributed by atoms with Crippen molar-refractivity contribution in [1.29, 1.82) is 0 Å². The van der Waals surface area contributed by atoms with Crippen LogP contribution in [0.5, 0.6) is 5.75 Å². The van der Waals surface area contributed by atoms with E-state index in [1.807, 2.05) is 31.2 Å². The molecular formula is C21H23ClFNO3. The summed E-state index contributed by atoms with van der Waals surface area (Å²) < 4.78 is 19.8. The highest BCUT2D eigenvalue weighted by atomic mass is 35.5. The van der Waals surface area contributed by atoms with Crippen LogP contribution in [0.25, 0.3) is 0 Å². The quantitative estimate of drug-likeness (QED) is 0.821. The molecule has 27 heavy (non-hydrogen) atoms. The van der Waals surface area contributed by atoms with Gasteiger partial charge in [0.1, 0.15) is 17.2 Å². The number of rotatable bonds is 6. The van der Waals surface area contributed by atoms with E-state index in [1.165, 1.54) is 11.0 Å². The maximum absolute atomic E-state index is 13.7. The van der Waals surface area contributed by atoms with Crippen LogP contribution < -0.4 is 4.74 Å². The Morgan fingerprint density at radius 2 is 2.04 bits per heavy atom. The standard InChI is InChI=1S/C21H23ClFNO3/c1-21(12-15-3-5-17(22)18(23)10-15)13-16-9-14(4-6-19(16)27-21)11-20(26)24(2)7-8-25/h3-6,9-10,25H,7-8,11-13H2,1-2H3/t21-/m1/s1. The number of benzene rings is 2. The molecule has 1 aliphatic heterocycles. The zero-order valence-electron chi connectivity index (χ0n) is 15.5. The van der Waals surface area contributed by atoms with Gasteiger partial charge in [-0.05, 0) is 41.8 Å². The number of aliphatic hydroxyl groups is 1. The SMILES string of the molecule is CN(CCO)C(=O)Cc1ccc2c(c1)C[C@@](C)(Cc1ccc(Cl)c(F)c1)O2. The topological polar surface area (TPSA) is 49.8 Å². The molecule has 0 fully saturated rings. The highest BCUT2D eigenvalue weighted by Gasteiger charge is 2.35. The Morgan fingerprint density at radius 3 is 2.74 bits per heavy atom. The zero-order valence-corrected chi connectivity index (χ0v) is 16.2. The van der Waals surface area contributed by atoms with Crippen molar-refractivity contribution in [2.24, 2.45) is 0 Å². The van der Waals surface area contributed by atoms with Crippen molar-refractivity contribution < 1.29 is 19.0 Å². The van der Waals surface area contributed by atoms with Crippen molar-refractivity contribution in [2.45, 2.75) is 31.8 Å². The summed E-state index contributed by atoms with van der Waals surface area (Å²) >= 11 is 5.75. The van der Waals surface area contributed by atoms with E-state index in [0.29, 0.717) is 19.4 Å². The van der Waals surface area contributed by atoms with Gasteiger partial charge in [-0.3, -0.25) is 4.79 Å². The Hall–Kier alpha value is -2.11. The lowest BCUT2D eigenvalue weighted by Crippen LogP contribution is -2.32. The fraction of sp³-hybridized carbons (Fsp3) is 0.381. The Labute approximate surface area is 163 Å².